The second-order valence-electron chi connectivity index (χ2n) is 4.09. The minimum absolute atomic E-state index is 0.592. The summed E-state index contributed by atoms with van der Waals surface area (Å²) in [7, 11) is 2.03. The number of rotatable bonds is 2. The summed E-state index contributed by atoms with van der Waals surface area (Å²) >= 11 is 0. The maximum absolute atomic E-state index is 4.32. The van der Waals surface area contributed by atoms with E-state index in [-0.39, 0.29) is 0 Å². The molecule has 1 N–H and O–H groups in total. The lowest BCUT2D eigenvalue weighted by Crippen LogP contribution is -2.44. The van der Waals surface area contributed by atoms with Crippen molar-refractivity contribution in [2.45, 2.75) is 25.8 Å². The van der Waals surface area contributed by atoms with E-state index in [2.05, 4.69) is 26.3 Å². The van der Waals surface area contributed by atoms with E-state index in [0.29, 0.717) is 6.04 Å². The van der Waals surface area contributed by atoms with Gasteiger partial charge in [0.25, 0.3) is 0 Å². The zero-order valence-electron chi connectivity index (χ0n) is 9.40. The first kappa shape index (κ1) is 10.4. The van der Waals surface area contributed by atoms with E-state index in [9.17, 15) is 0 Å². The van der Waals surface area contributed by atoms with Gasteiger partial charge in [-0.2, -0.15) is 0 Å². The first-order valence-electron chi connectivity index (χ1n) is 5.50. The van der Waals surface area contributed by atoms with Crippen molar-refractivity contribution in [3.05, 3.63) is 18.1 Å². The molecule has 0 bridgehead atoms. The van der Waals surface area contributed by atoms with Crippen LogP contribution >= 0.6 is 0 Å². The average molecular weight is 206 g/mol. The molecular weight excluding hydrogens is 188 g/mol. The van der Waals surface area contributed by atoms with Crippen LogP contribution in [0.2, 0.25) is 0 Å². The lowest BCUT2D eigenvalue weighted by molar-refractivity contribution is 0.447. The Hall–Kier alpha value is -1.16. The van der Waals surface area contributed by atoms with Gasteiger partial charge in [-0.05, 0) is 26.8 Å². The van der Waals surface area contributed by atoms with Crippen molar-refractivity contribution in [3.8, 4) is 0 Å². The fourth-order valence-electron chi connectivity index (χ4n) is 2.03. The van der Waals surface area contributed by atoms with Crippen molar-refractivity contribution in [1.29, 1.82) is 0 Å². The van der Waals surface area contributed by atoms with E-state index in [1.807, 2.05) is 14.0 Å². The third-order valence-corrected chi connectivity index (χ3v) is 2.94. The summed E-state index contributed by atoms with van der Waals surface area (Å²) in [4.78, 5) is 10.8. The molecule has 0 aromatic carbocycles. The Bertz CT molecular complexity index is 326. The highest BCUT2D eigenvalue weighted by molar-refractivity contribution is 5.39. The van der Waals surface area contributed by atoms with Crippen LogP contribution in [0.3, 0.4) is 0 Å². The molecule has 0 radical (unpaired) electrons. The number of hydrogen-bond acceptors (Lipinski definition) is 4. The van der Waals surface area contributed by atoms with Crippen molar-refractivity contribution in [2.24, 2.45) is 0 Å². The summed E-state index contributed by atoms with van der Waals surface area (Å²) in [5.74, 6) is 1.06. The molecule has 4 nitrogen and oxygen atoms in total. The smallest absolute Gasteiger partial charge is 0.132 e. The van der Waals surface area contributed by atoms with Gasteiger partial charge in [0, 0.05) is 30.9 Å². The molecule has 82 valence electrons. The van der Waals surface area contributed by atoms with Gasteiger partial charge in [0.1, 0.15) is 12.1 Å². The molecule has 1 saturated heterocycles. The van der Waals surface area contributed by atoms with Gasteiger partial charge in [-0.3, -0.25) is 0 Å². The summed E-state index contributed by atoms with van der Waals surface area (Å²) in [6.07, 6.45) is 4.14. The summed E-state index contributed by atoms with van der Waals surface area (Å²) < 4.78 is 0. The summed E-state index contributed by atoms with van der Waals surface area (Å²) in [6.45, 7) is 4.16. The van der Waals surface area contributed by atoms with Crippen molar-refractivity contribution < 1.29 is 0 Å². The van der Waals surface area contributed by atoms with Crippen LogP contribution in [0.1, 0.15) is 18.5 Å². The second-order valence-corrected chi connectivity index (χ2v) is 4.09. The van der Waals surface area contributed by atoms with Crippen LogP contribution in [0, 0.1) is 6.92 Å². The van der Waals surface area contributed by atoms with Gasteiger partial charge < -0.3 is 10.2 Å². The number of anilines is 1. The molecule has 15 heavy (non-hydrogen) atoms. The minimum Gasteiger partial charge on any atom is -0.355 e. The number of nitrogens with one attached hydrogen (secondary N) is 1. The fourth-order valence-corrected chi connectivity index (χ4v) is 2.03. The van der Waals surface area contributed by atoms with Crippen LogP contribution in [-0.4, -0.2) is 36.1 Å². The SMILES string of the molecule is CNC1CCCN(c2cc(C)ncn2)C1. The second kappa shape index (κ2) is 4.57. The van der Waals surface area contributed by atoms with E-state index < -0.39 is 0 Å². The zero-order valence-corrected chi connectivity index (χ0v) is 9.40. The number of hydrogen-bond donors (Lipinski definition) is 1. The molecule has 1 aromatic heterocycles. The number of nitrogens with zero attached hydrogens (tertiary/aromatic N) is 3. The topological polar surface area (TPSA) is 41.0 Å². The van der Waals surface area contributed by atoms with Crippen molar-refractivity contribution in [3.63, 3.8) is 0 Å². The molecular formula is C11H18N4. The molecule has 0 saturated carbocycles. The van der Waals surface area contributed by atoms with Crippen molar-refractivity contribution in [1.82, 2.24) is 15.3 Å². The van der Waals surface area contributed by atoms with Gasteiger partial charge >= 0.3 is 0 Å². The van der Waals surface area contributed by atoms with Crippen LogP contribution in [-0.2, 0) is 0 Å². The van der Waals surface area contributed by atoms with Gasteiger partial charge in [0.15, 0.2) is 0 Å². The summed E-state index contributed by atoms with van der Waals surface area (Å²) in [5.41, 5.74) is 1.03. The molecule has 0 spiro atoms. The van der Waals surface area contributed by atoms with Crippen molar-refractivity contribution in [2.75, 3.05) is 25.0 Å². The van der Waals surface area contributed by atoms with Crippen LogP contribution in [0.4, 0.5) is 5.82 Å². The molecule has 1 fully saturated rings. The Kier molecular flexibility index (Phi) is 3.16. The van der Waals surface area contributed by atoms with Gasteiger partial charge in [-0.1, -0.05) is 0 Å². The van der Waals surface area contributed by atoms with E-state index in [1.165, 1.54) is 12.8 Å². The highest BCUT2D eigenvalue weighted by Gasteiger charge is 2.19. The Morgan fingerprint density at radius 2 is 2.33 bits per heavy atom. The van der Waals surface area contributed by atoms with Crippen LogP contribution in [0.15, 0.2) is 12.4 Å². The molecule has 1 aliphatic heterocycles. The van der Waals surface area contributed by atoms with Gasteiger partial charge in [0.2, 0.25) is 0 Å². The molecule has 4 heteroatoms. The minimum atomic E-state index is 0.592. The lowest BCUT2D eigenvalue weighted by Gasteiger charge is -2.33. The highest BCUT2D eigenvalue weighted by atomic mass is 15.2. The summed E-state index contributed by atoms with van der Waals surface area (Å²) in [6, 6.07) is 2.65. The predicted octanol–water partition coefficient (Wildman–Crippen LogP) is 0.973. The van der Waals surface area contributed by atoms with Crippen LogP contribution in [0.25, 0.3) is 0 Å². The third-order valence-electron chi connectivity index (χ3n) is 2.94. The fraction of sp³-hybridized carbons (Fsp3) is 0.636. The average Bonchev–Trinajstić information content (AvgIpc) is 2.29. The van der Waals surface area contributed by atoms with E-state index in [4.69, 9.17) is 0 Å². The monoisotopic (exact) mass is 206 g/mol. The van der Waals surface area contributed by atoms with Crippen molar-refractivity contribution >= 4 is 5.82 Å². The van der Waals surface area contributed by atoms with Gasteiger partial charge in [-0.25, -0.2) is 9.97 Å². The van der Waals surface area contributed by atoms with Crippen LogP contribution < -0.4 is 10.2 Å². The van der Waals surface area contributed by atoms with E-state index >= 15 is 0 Å². The Balaban J connectivity index is 2.09. The lowest BCUT2D eigenvalue weighted by atomic mass is 10.1. The Labute approximate surface area is 90.7 Å². The molecule has 2 rings (SSSR count). The first-order chi connectivity index (χ1) is 7.29. The molecule has 1 unspecified atom stereocenters. The first-order valence-corrected chi connectivity index (χ1v) is 5.50. The van der Waals surface area contributed by atoms with Gasteiger partial charge in [0.05, 0.1) is 0 Å². The zero-order chi connectivity index (χ0) is 10.7. The molecule has 1 aliphatic rings. The number of aromatic nitrogens is 2. The third kappa shape index (κ3) is 2.45. The number of piperidine rings is 1. The predicted molar refractivity (Wildman–Crippen MR) is 61.1 cm³/mol. The molecule has 0 amide bonds. The number of likely N-dealkylation sites (N-methyl/N-ethyl adjacent to an activating group) is 1. The quantitative estimate of drug-likeness (QED) is 0.783. The highest BCUT2D eigenvalue weighted by Crippen LogP contribution is 2.17. The van der Waals surface area contributed by atoms with Gasteiger partial charge in [-0.15, -0.1) is 0 Å². The molecule has 0 aliphatic carbocycles. The standard InChI is InChI=1S/C11H18N4/c1-9-6-11(14-8-13-9)15-5-3-4-10(7-15)12-2/h6,8,10,12H,3-5,7H2,1-2H3. The maximum atomic E-state index is 4.32. The van der Waals surface area contributed by atoms with E-state index in [1.54, 1.807) is 6.33 Å². The Morgan fingerprint density at radius 3 is 3.07 bits per heavy atom. The molecule has 2 heterocycles. The molecule has 1 aromatic rings. The van der Waals surface area contributed by atoms with Crippen LogP contribution in [0.5, 0.6) is 0 Å². The number of aryl methyl sites for hydroxylation is 1. The Morgan fingerprint density at radius 1 is 1.47 bits per heavy atom. The normalized spacial score (nSPS) is 21.7. The van der Waals surface area contributed by atoms with E-state index in [0.717, 1.165) is 24.6 Å². The largest absolute Gasteiger partial charge is 0.355 e. The summed E-state index contributed by atoms with van der Waals surface area (Å²) in [5, 5.41) is 3.33. The molecule has 1 atom stereocenters. The maximum Gasteiger partial charge on any atom is 0.132 e.